The number of aryl methyl sites for hydroxylation is 1. The molecule has 0 aliphatic rings. The third kappa shape index (κ3) is 6.35. The molecule has 0 aliphatic carbocycles. The molecule has 4 rings (SSSR count). The number of carbonyl (C=O) groups excluding carboxylic acids is 1. The van der Waals surface area contributed by atoms with Gasteiger partial charge >= 0.3 is 0 Å². The van der Waals surface area contributed by atoms with Crippen molar-refractivity contribution in [1.29, 1.82) is 10.8 Å². The van der Waals surface area contributed by atoms with E-state index in [-0.39, 0.29) is 23.3 Å². The molecule has 0 unspecified atom stereocenters. The molecule has 1 atom stereocenters. The number of nitrogens with one attached hydrogen (secondary N) is 2. The number of aromatic nitrogens is 2. The first-order valence-electron chi connectivity index (χ1n) is 11.5. The molecule has 0 aliphatic heterocycles. The Morgan fingerprint density at radius 3 is 2.54 bits per heavy atom. The van der Waals surface area contributed by atoms with Gasteiger partial charge in [0.05, 0.1) is 18.3 Å². The highest BCUT2D eigenvalue weighted by atomic mass is 32.1. The smallest absolute Gasteiger partial charge is 0.254 e. The average molecular weight is 517 g/mol. The summed E-state index contributed by atoms with van der Waals surface area (Å²) in [5, 5.41) is 17.8. The Hall–Kier alpha value is -4.15. The lowest BCUT2D eigenvalue weighted by atomic mass is 9.93. The number of hydrogen-bond acceptors (Lipinski definition) is 9. The molecule has 0 fully saturated rings. The van der Waals surface area contributed by atoms with Crippen LogP contribution in [0, 0.1) is 17.7 Å². The quantitative estimate of drug-likeness (QED) is 0.230. The molecule has 2 aromatic heterocycles. The molecule has 4 N–H and O–H groups in total. The van der Waals surface area contributed by atoms with Crippen molar-refractivity contribution in [3.63, 3.8) is 0 Å². The van der Waals surface area contributed by atoms with Gasteiger partial charge in [0.1, 0.15) is 11.3 Å². The van der Waals surface area contributed by atoms with Crippen molar-refractivity contribution < 1.29 is 13.9 Å². The molecular formula is C27H28N6O3S. The van der Waals surface area contributed by atoms with Gasteiger partial charge in [0, 0.05) is 34.8 Å². The van der Waals surface area contributed by atoms with E-state index in [9.17, 15) is 4.79 Å². The SMILES string of the molecule is Cc1cnc(CN(C)C(=O)c2cc(C(=N)OC(=N)[C@](C)(N)Cc3ccccc3)cc(-c3ncco3)c2)s1. The number of oxazole rings is 1. The van der Waals surface area contributed by atoms with E-state index in [1.54, 1.807) is 43.3 Å². The summed E-state index contributed by atoms with van der Waals surface area (Å²) < 4.78 is 11.0. The minimum Gasteiger partial charge on any atom is -0.445 e. The summed E-state index contributed by atoms with van der Waals surface area (Å²) in [6, 6.07) is 14.4. The van der Waals surface area contributed by atoms with Gasteiger partial charge < -0.3 is 19.8 Å². The third-order valence-corrected chi connectivity index (χ3v) is 6.54. The van der Waals surface area contributed by atoms with Crippen molar-refractivity contribution in [2.24, 2.45) is 5.73 Å². The summed E-state index contributed by atoms with van der Waals surface area (Å²) in [5.41, 5.74) is 7.30. The summed E-state index contributed by atoms with van der Waals surface area (Å²) in [6.07, 6.45) is 5.07. The number of carbonyl (C=O) groups is 1. The van der Waals surface area contributed by atoms with Crippen LogP contribution >= 0.6 is 11.3 Å². The van der Waals surface area contributed by atoms with E-state index in [4.69, 9.17) is 25.7 Å². The molecule has 0 spiro atoms. The lowest BCUT2D eigenvalue weighted by Gasteiger charge is -2.25. The van der Waals surface area contributed by atoms with E-state index < -0.39 is 5.54 Å². The lowest BCUT2D eigenvalue weighted by molar-refractivity contribution is 0.0785. The fraction of sp³-hybridized carbons (Fsp3) is 0.222. The Kier molecular flexibility index (Phi) is 7.61. The summed E-state index contributed by atoms with van der Waals surface area (Å²) in [4.78, 5) is 24.4. The third-order valence-electron chi connectivity index (χ3n) is 5.65. The molecule has 190 valence electrons. The van der Waals surface area contributed by atoms with Crippen molar-refractivity contribution >= 4 is 29.0 Å². The maximum absolute atomic E-state index is 13.3. The molecule has 0 radical (unpaired) electrons. The van der Waals surface area contributed by atoms with E-state index in [0.717, 1.165) is 15.4 Å². The van der Waals surface area contributed by atoms with Gasteiger partial charge in [0.2, 0.25) is 17.7 Å². The van der Waals surface area contributed by atoms with Gasteiger partial charge in [0.25, 0.3) is 5.91 Å². The van der Waals surface area contributed by atoms with Crippen LogP contribution in [0.25, 0.3) is 11.5 Å². The average Bonchev–Trinajstić information content (AvgIpc) is 3.55. The van der Waals surface area contributed by atoms with Gasteiger partial charge in [-0.25, -0.2) is 9.97 Å². The maximum Gasteiger partial charge on any atom is 0.254 e. The van der Waals surface area contributed by atoms with E-state index in [2.05, 4.69) is 9.97 Å². The van der Waals surface area contributed by atoms with Gasteiger partial charge in [-0.1, -0.05) is 30.3 Å². The molecule has 9 nitrogen and oxygen atoms in total. The molecule has 2 aromatic carbocycles. The Bertz CT molecular complexity index is 1410. The topological polar surface area (TPSA) is 142 Å². The number of rotatable bonds is 8. The molecule has 2 heterocycles. The Morgan fingerprint density at radius 2 is 1.89 bits per heavy atom. The van der Waals surface area contributed by atoms with Crippen LogP contribution in [0.2, 0.25) is 0 Å². The number of ether oxygens (including phenoxy) is 1. The number of amides is 1. The Labute approximate surface area is 219 Å². The maximum atomic E-state index is 13.3. The van der Waals surface area contributed by atoms with Crippen molar-refractivity contribution in [2.45, 2.75) is 32.4 Å². The van der Waals surface area contributed by atoms with E-state index in [1.807, 2.05) is 37.3 Å². The fourth-order valence-electron chi connectivity index (χ4n) is 3.72. The minimum absolute atomic E-state index is 0.257. The number of nitrogens with zero attached hydrogens (tertiary/aromatic N) is 3. The number of hydrogen-bond donors (Lipinski definition) is 3. The summed E-state index contributed by atoms with van der Waals surface area (Å²) in [7, 11) is 1.69. The number of nitrogens with two attached hydrogens (primary N) is 1. The standard InChI is InChI=1S/C27H28N6O3S/c1-17-15-32-22(37-17)16-33(3)25(34)21-12-19(11-20(13-21)24-31-9-10-35-24)23(28)36-26(29)27(2,30)14-18-7-5-4-6-8-18/h4-13,15,28-29H,14,16,30H2,1-3H3/t27-/m1/s1. The second-order valence-electron chi connectivity index (χ2n) is 9.00. The van der Waals surface area contributed by atoms with Gasteiger partial charge in [0.15, 0.2) is 0 Å². The number of benzene rings is 2. The lowest BCUT2D eigenvalue weighted by Crippen LogP contribution is -2.48. The highest BCUT2D eigenvalue weighted by Crippen LogP contribution is 2.24. The van der Waals surface area contributed by atoms with E-state index in [0.29, 0.717) is 30.0 Å². The van der Waals surface area contributed by atoms with E-state index in [1.165, 1.54) is 23.8 Å². The zero-order chi connectivity index (χ0) is 26.6. The first-order valence-corrected chi connectivity index (χ1v) is 12.3. The van der Waals surface area contributed by atoms with Crippen LogP contribution in [0.5, 0.6) is 0 Å². The molecule has 1 amide bonds. The largest absolute Gasteiger partial charge is 0.445 e. The van der Waals surface area contributed by atoms with Gasteiger partial charge in [-0.3, -0.25) is 15.6 Å². The van der Waals surface area contributed by atoms with Gasteiger partial charge in [-0.05, 0) is 44.0 Å². The summed E-state index contributed by atoms with van der Waals surface area (Å²) >= 11 is 1.53. The van der Waals surface area contributed by atoms with Crippen LogP contribution in [0.4, 0.5) is 0 Å². The molecule has 37 heavy (non-hydrogen) atoms. The number of thiazole rings is 1. The van der Waals surface area contributed by atoms with Gasteiger partial charge in [-0.2, -0.15) is 0 Å². The van der Waals surface area contributed by atoms with Crippen LogP contribution in [-0.2, 0) is 17.7 Å². The highest BCUT2D eigenvalue weighted by Gasteiger charge is 2.29. The highest BCUT2D eigenvalue weighted by molar-refractivity contribution is 7.11. The monoisotopic (exact) mass is 516 g/mol. The Morgan fingerprint density at radius 1 is 1.16 bits per heavy atom. The van der Waals surface area contributed by atoms with Crippen LogP contribution in [0.1, 0.15) is 38.3 Å². The summed E-state index contributed by atoms with van der Waals surface area (Å²) in [6.45, 7) is 3.99. The molecule has 0 saturated heterocycles. The van der Waals surface area contributed by atoms with Crippen LogP contribution in [-0.4, -0.2) is 45.2 Å². The van der Waals surface area contributed by atoms with Gasteiger partial charge in [-0.15, -0.1) is 11.3 Å². The normalized spacial score (nSPS) is 12.5. The molecule has 0 bridgehead atoms. The first-order chi connectivity index (χ1) is 17.6. The van der Waals surface area contributed by atoms with E-state index >= 15 is 0 Å². The van der Waals surface area contributed by atoms with Crippen molar-refractivity contribution in [3.8, 4) is 11.5 Å². The van der Waals surface area contributed by atoms with Crippen molar-refractivity contribution in [2.75, 3.05) is 7.05 Å². The zero-order valence-electron chi connectivity index (χ0n) is 20.8. The summed E-state index contributed by atoms with van der Waals surface area (Å²) in [5.74, 6) is -0.537. The minimum atomic E-state index is -1.14. The van der Waals surface area contributed by atoms with Crippen LogP contribution < -0.4 is 5.73 Å². The Balaban J connectivity index is 1.57. The van der Waals surface area contributed by atoms with Crippen molar-refractivity contribution in [1.82, 2.24) is 14.9 Å². The van der Waals surface area contributed by atoms with Crippen LogP contribution in [0.3, 0.4) is 0 Å². The zero-order valence-corrected chi connectivity index (χ0v) is 21.6. The molecular weight excluding hydrogens is 488 g/mol. The van der Waals surface area contributed by atoms with Crippen molar-refractivity contribution in [3.05, 3.63) is 93.8 Å². The predicted molar refractivity (Wildman–Crippen MR) is 143 cm³/mol. The molecule has 0 saturated carbocycles. The predicted octanol–water partition coefficient (Wildman–Crippen LogP) is 4.66. The van der Waals surface area contributed by atoms with Crippen LogP contribution in [0.15, 0.2) is 71.6 Å². The second-order valence-corrected chi connectivity index (χ2v) is 10.3. The first kappa shape index (κ1) is 25.9. The second kappa shape index (κ2) is 10.9. The fourth-order valence-corrected chi connectivity index (χ4v) is 4.56. The molecule has 10 heteroatoms. The molecule has 4 aromatic rings.